The average Bonchev–Trinajstić information content (AvgIpc) is 2.45. The highest BCUT2D eigenvalue weighted by Gasteiger charge is 2.43. The van der Waals surface area contributed by atoms with Crippen LogP contribution in [0.5, 0.6) is 0 Å². The van der Waals surface area contributed by atoms with Crippen molar-refractivity contribution >= 4 is 23.0 Å². The van der Waals surface area contributed by atoms with Gasteiger partial charge in [-0.05, 0) is 31.4 Å². The van der Waals surface area contributed by atoms with E-state index in [1.54, 1.807) is 12.1 Å². The lowest BCUT2D eigenvalue weighted by atomic mass is 9.71. The summed E-state index contributed by atoms with van der Waals surface area (Å²) in [6.45, 7) is 1.30. The maximum Gasteiger partial charge on any atom is 0.292 e. The van der Waals surface area contributed by atoms with E-state index in [1.807, 2.05) is 4.90 Å². The van der Waals surface area contributed by atoms with Gasteiger partial charge in [0.05, 0.1) is 10.5 Å². The zero-order valence-electron chi connectivity index (χ0n) is 11.8. The Morgan fingerprint density at radius 3 is 2.95 bits per heavy atom. The van der Waals surface area contributed by atoms with Gasteiger partial charge in [-0.1, -0.05) is 24.4 Å². The molecule has 1 N–H and O–H groups in total. The van der Waals surface area contributed by atoms with Crippen LogP contribution in [0, 0.1) is 16.0 Å². The molecule has 1 saturated carbocycles. The highest BCUT2D eigenvalue weighted by atomic mass is 35.5. The molecule has 1 aromatic rings. The van der Waals surface area contributed by atoms with Crippen molar-refractivity contribution in [3.8, 4) is 0 Å². The highest BCUT2D eigenvalue weighted by Crippen LogP contribution is 2.42. The number of fused-ring (bicyclic) bond motifs is 1. The van der Waals surface area contributed by atoms with Crippen LogP contribution in [0.2, 0.25) is 5.02 Å². The quantitative estimate of drug-likeness (QED) is 0.671. The van der Waals surface area contributed by atoms with Crippen LogP contribution in [0.1, 0.15) is 32.1 Å². The first-order chi connectivity index (χ1) is 9.99. The van der Waals surface area contributed by atoms with Gasteiger partial charge in [0.1, 0.15) is 5.69 Å². The van der Waals surface area contributed by atoms with Crippen molar-refractivity contribution in [1.29, 1.82) is 0 Å². The van der Waals surface area contributed by atoms with E-state index < -0.39 is 5.60 Å². The molecule has 0 bridgehead atoms. The second-order valence-corrected chi connectivity index (χ2v) is 6.57. The molecule has 1 aromatic carbocycles. The number of nitrogens with zero attached hydrogens (tertiary/aromatic N) is 2. The van der Waals surface area contributed by atoms with Crippen molar-refractivity contribution in [2.45, 2.75) is 37.7 Å². The van der Waals surface area contributed by atoms with Gasteiger partial charge in [-0.25, -0.2) is 0 Å². The zero-order valence-corrected chi connectivity index (χ0v) is 12.6. The Bertz CT molecular complexity index is 566. The highest BCUT2D eigenvalue weighted by molar-refractivity contribution is 6.31. The van der Waals surface area contributed by atoms with Crippen LogP contribution >= 0.6 is 11.6 Å². The van der Waals surface area contributed by atoms with Crippen molar-refractivity contribution in [3.05, 3.63) is 33.3 Å². The summed E-state index contributed by atoms with van der Waals surface area (Å²) in [5.74, 6) is 0.193. The number of nitro benzene ring substituents is 1. The summed E-state index contributed by atoms with van der Waals surface area (Å²) in [6, 6.07) is 4.66. The third-order valence-corrected chi connectivity index (χ3v) is 5.14. The maximum absolute atomic E-state index is 11.2. The molecule has 2 atom stereocenters. The molecule has 0 aromatic heterocycles. The second-order valence-electron chi connectivity index (χ2n) is 6.13. The van der Waals surface area contributed by atoms with Gasteiger partial charge in [-0.2, -0.15) is 0 Å². The Morgan fingerprint density at radius 2 is 2.19 bits per heavy atom. The van der Waals surface area contributed by atoms with Gasteiger partial charge in [0, 0.05) is 30.1 Å². The summed E-state index contributed by atoms with van der Waals surface area (Å²) in [6.07, 6.45) is 4.70. The molecule has 2 aliphatic rings. The number of piperidine rings is 1. The first-order valence-corrected chi connectivity index (χ1v) is 7.79. The van der Waals surface area contributed by atoms with E-state index in [2.05, 4.69) is 0 Å². The number of benzene rings is 1. The second kappa shape index (κ2) is 5.46. The lowest BCUT2D eigenvalue weighted by molar-refractivity contribution is -0.384. The Balaban J connectivity index is 1.88. The molecule has 0 amide bonds. The van der Waals surface area contributed by atoms with Crippen LogP contribution < -0.4 is 4.90 Å². The van der Waals surface area contributed by atoms with Crippen LogP contribution in [0.4, 0.5) is 11.4 Å². The fraction of sp³-hybridized carbons (Fsp3) is 0.600. The van der Waals surface area contributed by atoms with E-state index in [9.17, 15) is 15.2 Å². The van der Waals surface area contributed by atoms with Crippen molar-refractivity contribution in [1.82, 2.24) is 0 Å². The summed E-state index contributed by atoms with van der Waals surface area (Å²) in [4.78, 5) is 12.8. The van der Waals surface area contributed by atoms with Gasteiger partial charge in [0.15, 0.2) is 0 Å². The van der Waals surface area contributed by atoms with E-state index in [1.165, 1.54) is 6.07 Å². The Morgan fingerprint density at radius 1 is 1.38 bits per heavy atom. The van der Waals surface area contributed by atoms with Gasteiger partial charge in [0.25, 0.3) is 5.69 Å². The maximum atomic E-state index is 11.2. The van der Waals surface area contributed by atoms with E-state index in [-0.39, 0.29) is 16.5 Å². The molecule has 114 valence electrons. The Labute approximate surface area is 128 Å². The molecule has 5 nitrogen and oxygen atoms in total. The summed E-state index contributed by atoms with van der Waals surface area (Å²) in [5.41, 5.74) is 0.0722. The standard InChI is InChI=1S/C15H19ClN2O3/c16-12-4-5-13(18(20)21)14(9-12)17-8-7-15(19)6-2-1-3-11(15)10-17/h4-5,9,11,19H,1-3,6-8,10H2. The van der Waals surface area contributed by atoms with E-state index in [4.69, 9.17) is 11.6 Å². The van der Waals surface area contributed by atoms with Gasteiger partial charge < -0.3 is 10.0 Å². The van der Waals surface area contributed by atoms with Crippen LogP contribution in [-0.4, -0.2) is 28.7 Å². The molecule has 6 heteroatoms. The van der Waals surface area contributed by atoms with Gasteiger partial charge in [0.2, 0.25) is 0 Å². The predicted octanol–water partition coefficient (Wildman–Crippen LogP) is 3.38. The van der Waals surface area contributed by atoms with Crippen molar-refractivity contribution in [3.63, 3.8) is 0 Å². The molecule has 2 unspecified atom stereocenters. The fourth-order valence-electron chi connectivity index (χ4n) is 3.69. The smallest absolute Gasteiger partial charge is 0.292 e. The molecule has 1 saturated heterocycles. The lowest BCUT2D eigenvalue weighted by Crippen LogP contribution is -2.53. The fourth-order valence-corrected chi connectivity index (χ4v) is 3.86. The molecule has 3 rings (SSSR count). The topological polar surface area (TPSA) is 66.6 Å². The Hall–Kier alpha value is -1.33. The predicted molar refractivity (Wildman–Crippen MR) is 81.8 cm³/mol. The minimum atomic E-state index is -0.581. The minimum absolute atomic E-state index is 0.0839. The Kier molecular flexibility index (Phi) is 3.80. The van der Waals surface area contributed by atoms with Crippen molar-refractivity contribution < 1.29 is 10.0 Å². The average molecular weight is 311 g/mol. The van der Waals surface area contributed by atoms with Crippen LogP contribution in [0.3, 0.4) is 0 Å². The van der Waals surface area contributed by atoms with Gasteiger partial charge >= 0.3 is 0 Å². The lowest BCUT2D eigenvalue weighted by Gasteiger charge is -2.48. The number of anilines is 1. The third-order valence-electron chi connectivity index (χ3n) is 4.90. The number of rotatable bonds is 2. The van der Waals surface area contributed by atoms with Gasteiger partial charge in [-0.15, -0.1) is 0 Å². The summed E-state index contributed by atoms with van der Waals surface area (Å²) in [5, 5.41) is 22.4. The summed E-state index contributed by atoms with van der Waals surface area (Å²) in [7, 11) is 0. The first kappa shape index (κ1) is 14.6. The number of hydrogen-bond donors (Lipinski definition) is 1. The van der Waals surface area contributed by atoms with E-state index in [0.717, 1.165) is 25.7 Å². The molecule has 0 radical (unpaired) electrons. The molecule has 1 aliphatic heterocycles. The molecule has 1 aliphatic carbocycles. The largest absolute Gasteiger partial charge is 0.389 e. The minimum Gasteiger partial charge on any atom is -0.389 e. The van der Waals surface area contributed by atoms with Crippen molar-refractivity contribution in [2.24, 2.45) is 5.92 Å². The molecular formula is C15H19ClN2O3. The van der Waals surface area contributed by atoms with Crippen LogP contribution in [0.15, 0.2) is 18.2 Å². The normalized spacial score (nSPS) is 29.0. The van der Waals surface area contributed by atoms with Gasteiger partial charge in [-0.3, -0.25) is 10.1 Å². The zero-order chi connectivity index (χ0) is 15.0. The molecule has 2 fully saturated rings. The number of halogens is 1. The monoisotopic (exact) mass is 310 g/mol. The summed E-state index contributed by atoms with van der Waals surface area (Å²) >= 11 is 6.01. The van der Waals surface area contributed by atoms with E-state index in [0.29, 0.717) is 30.2 Å². The third kappa shape index (κ3) is 2.72. The molecule has 1 heterocycles. The molecule has 21 heavy (non-hydrogen) atoms. The molecular weight excluding hydrogens is 292 g/mol. The molecule has 0 spiro atoms. The first-order valence-electron chi connectivity index (χ1n) is 7.41. The SMILES string of the molecule is O=[N+]([O-])c1ccc(Cl)cc1N1CCC2(O)CCCCC2C1. The number of aliphatic hydroxyl groups is 1. The van der Waals surface area contributed by atoms with E-state index >= 15 is 0 Å². The van der Waals surface area contributed by atoms with Crippen LogP contribution in [0.25, 0.3) is 0 Å². The number of nitro groups is 1. The van der Waals surface area contributed by atoms with Crippen LogP contribution in [-0.2, 0) is 0 Å². The van der Waals surface area contributed by atoms with Crippen molar-refractivity contribution in [2.75, 3.05) is 18.0 Å². The number of hydrogen-bond acceptors (Lipinski definition) is 4. The summed E-state index contributed by atoms with van der Waals surface area (Å²) < 4.78 is 0.